The van der Waals surface area contributed by atoms with Crippen LogP contribution < -0.4 is 5.32 Å². The second-order valence-electron chi connectivity index (χ2n) is 4.55. The summed E-state index contributed by atoms with van der Waals surface area (Å²) in [6.07, 6.45) is 0.888. The highest BCUT2D eigenvalue weighted by Gasteiger charge is 2.25. The Kier molecular flexibility index (Phi) is 3.49. The number of benzene rings is 1. The van der Waals surface area contributed by atoms with Crippen molar-refractivity contribution in [2.45, 2.75) is 18.2 Å². The van der Waals surface area contributed by atoms with E-state index < -0.39 is 15.7 Å². The molecule has 94 valence electrons. The summed E-state index contributed by atoms with van der Waals surface area (Å²) < 4.78 is 37.3. The summed E-state index contributed by atoms with van der Waals surface area (Å²) in [6.45, 7) is 3.25. The fourth-order valence-corrected chi connectivity index (χ4v) is 4.13. The fourth-order valence-electron chi connectivity index (χ4n) is 2.22. The van der Waals surface area contributed by atoms with E-state index in [4.69, 9.17) is 0 Å². The van der Waals surface area contributed by atoms with Crippen LogP contribution in [-0.2, 0) is 9.84 Å². The van der Waals surface area contributed by atoms with Crippen LogP contribution in [0.2, 0.25) is 0 Å². The lowest BCUT2D eigenvalue weighted by atomic mass is 10.2. The van der Waals surface area contributed by atoms with Gasteiger partial charge in [0.2, 0.25) is 0 Å². The first kappa shape index (κ1) is 12.5. The first-order valence-electron chi connectivity index (χ1n) is 5.69. The summed E-state index contributed by atoms with van der Waals surface area (Å²) >= 11 is 0. The average molecular weight is 257 g/mol. The van der Waals surface area contributed by atoms with Crippen LogP contribution in [0.1, 0.15) is 12.0 Å². The zero-order valence-corrected chi connectivity index (χ0v) is 10.6. The maximum atomic E-state index is 12.9. The van der Waals surface area contributed by atoms with Gasteiger partial charge in [0.15, 0.2) is 9.84 Å². The lowest BCUT2D eigenvalue weighted by Crippen LogP contribution is -2.19. The van der Waals surface area contributed by atoms with E-state index in [0.717, 1.165) is 19.5 Å². The van der Waals surface area contributed by atoms with Crippen LogP contribution in [0.15, 0.2) is 23.1 Å². The third-order valence-corrected chi connectivity index (χ3v) is 5.13. The second-order valence-corrected chi connectivity index (χ2v) is 6.55. The predicted molar refractivity (Wildman–Crippen MR) is 64.2 cm³/mol. The smallest absolute Gasteiger partial charge is 0.178 e. The SMILES string of the molecule is Cc1cc(F)ccc1S(=O)(=O)CC1CCNC1. The Morgan fingerprint density at radius 2 is 2.24 bits per heavy atom. The molecule has 1 N–H and O–H groups in total. The monoisotopic (exact) mass is 257 g/mol. The Morgan fingerprint density at radius 1 is 1.47 bits per heavy atom. The average Bonchev–Trinajstić information content (AvgIpc) is 2.68. The Labute approximate surface area is 101 Å². The summed E-state index contributed by atoms with van der Waals surface area (Å²) in [5.74, 6) is -0.0830. The molecule has 1 fully saturated rings. The summed E-state index contributed by atoms with van der Waals surface area (Å²) in [4.78, 5) is 0.255. The molecule has 1 heterocycles. The lowest BCUT2D eigenvalue weighted by molar-refractivity contribution is 0.569. The van der Waals surface area contributed by atoms with E-state index in [9.17, 15) is 12.8 Å². The van der Waals surface area contributed by atoms with Crippen LogP contribution in [0.4, 0.5) is 4.39 Å². The molecule has 0 aromatic heterocycles. The molecule has 1 unspecified atom stereocenters. The molecular formula is C12H16FNO2S. The standard InChI is InChI=1S/C12H16FNO2S/c1-9-6-11(13)2-3-12(9)17(15,16)8-10-4-5-14-7-10/h2-3,6,10,14H,4-5,7-8H2,1H3. The molecule has 0 spiro atoms. The second kappa shape index (κ2) is 4.74. The molecule has 0 amide bonds. The Morgan fingerprint density at radius 3 is 2.82 bits per heavy atom. The van der Waals surface area contributed by atoms with Gasteiger partial charge in [-0.05, 0) is 56.1 Å². The fraction of sp³-hybridized carbons (Fsp3) is 0.500. The van der Waals surface area contributed by atoms with Crippen molar-refractivity contribution in [3.63, 3.8) is 0 Å². The van der Waals surface area contributed by atoms with Gasteiger partial charge in [-0.15, -0.1) is 0 Å². The molecule has 0 radical (unpaired) electrons. The molecule has 1 aromatic rings. The van der Waals surface area contributed by atoms with E-state index in [0.29, 0.717) is 5.56 Å². The van der Waals surface area contributed by atoms with E-state index in [2.05, 4.69) is 5.32 Å². The molecule has 2 rings (SSSR count). The maximum Gasteiger partial charge on any atom is 0.178 e. The molecule has 5 heteroatoms. The summed E-state index contributed by atoms with van der Waals surface area (Å²) in [5.41, 5.74) is 0.482. The minimum atomic E-state index is -3.30. The highest BCUT2D eigenvalue weighted by atomic mass is 32.2. The highest BCUT2D eigenvalue weighted by molar-refractivity contribution is 7.91. The van der Waals surface area contributed by atoms with Gasteiger partial charge in [-0.2, -0.15) is 0 Å². The predicted octanol–water partition coefficient (Wildman–Crippen LogP) is 1.52. The number of nitrogens with one attached hydrogen (secondary N) is 1. The van der Waals surface area contributed by atoms with Crippen molar-refractivity contribution in [2.24, 2.45) is 5.92 Å². The largest absolute Gasteiger partial charge is 0.316 e. The maximum absolute atomic E-state index is 12.9. The van der Waals surface area contributed by atoms with Crippen molar-refractivity contribution in [3.05, 3.63) is 29.6 Å². The van der Waals surface area contributed by atoms with Gasteiger partial charge in [-0.1, -0.05) is 0 Å². The summed E-state index contributed by atoms with van der Waals surface area (Å²) in [5, 5.41) is 3.15. The minimum absolute atomic E-state index is 0.145. The molecular weight excluding hydrogens is 241 g/mol. The van der Waals surface area contributed by atoms with E-state index in [1.54, 1.807) is 6.92 Å². The van der Waals surface area contributed by atoms with Gasteiger partial charge in [0.05, 0.1) is 10.6 Å². The van der Waals surface area contributed by atoms with E-state index in [1.807, 2.05) is 0 Å². The first-order chi connectivity index (χ1) is 7.99. The first-order valence-corrected chi connectivity index (χ1v) is 7.34. The molecule has 1 atom stereocenters. The molecule has 17 heavy (non-hydrogen) atoms. The van der Waals surface area contributed by atoms with Crippen LogP contribution in [0.25, 0.3) is 0 Å². The number of hydrogen-bond donors (Lipinski definition) is 1. The third-order valence-electron chi connectivity index (χ3n) is 3.09. The highest BCUT2D eigenvalue weighted by Crippen LogP contribution is 2.21. The number of sulfone groups is 1. The summed E-state index contributed by atoms with van der Waals surface area (Å²) in [7, 11) is -3.30. The molecule has 3 nitrogen and oxygen atoms in total. The Balaban J connectivity index is 2.24. The topological polar surface area (TPSA) is 46.2 Å². The molecule has 0 saturated carbocycles. The van der Waals surface area contributed by atoms with Gasteiger partial charge in [0.25, 0.3) is 0 Å². The van der Waals surface area contributed by atoms with Gasteiger partial charge in [0, 0.05) is 0 Å². The number of rotatable bonds is 3. The summed E-state index contributed by atoms with van der Waals surface area (Å²) in [6, 6.07) is 3.83. The number of halogens is 1. The zero-order chi connectivity index (χ0) is 12.5. The Bertz CT molecular complexity index is 507. The number of hydrogen-bond acceptors (Lipinski definition) is 3. The van der Waals surface area contributed by atoms with E-state index >= 15 is 0 Å². The number of aryl methyl sites for hydroxylation is 1. The Hall–Kier alpha value is -0.940. The molecule has 1 saturated heterocycles. The van der Waals surface area contributed by atoms with Crippen molar-refractivity contribution in [1.82, 2.24) is 5.32 Å². The van der Waals surface area contributed by atoms with Crippen molar-refractivity contribution in [1.29, 1.82) is 0 Å². The zero-order valence-electron chi connectivity index (χ0n) is 9.74. The van der Waals surface area contributed by atoms with E-state index in [-0.39, 0.29) is 16.6 Å². The van der Waals surface area contributed by atoms with Gasteiger partial charge >= 0.3 is 0 Å². The van der Waals surface area contributed by atoms with Crippen LogP contribution in [0.5, 0.6) is 0 Å². The van der Waals surface area contributed by atoms with Crippen molar-refractivity contribution in [2.75, 3.05) is 18.8 Å². The van der Waals surface area contributed by atoms with Gasteiger partial charge in [-0.25, -0.2) is 12.8 Å². The normalized spacial score (nSPS) is 20.7. The molecule has 1 aliphatic rings. The van der Waals surface area contributed by atoms with Gasteiger partial charge in [0.1, 0.15) is 5.82 Å². The lowest BCUT2D eigenvalue weighted by Gasteiger charge is -2.11. The van der Waals surface area contributed by atoms with Crippen molar-refractivity contribution >= 4 is 9.84 Å². The molecule has 1 aliphatic heterocycles. The van der Waals surface area contributed by atoms with Gasteiger partial charge in [-0.3, -0.25) is 0 Å². The quantitative estimate of drug-likeness (QED) is 0.835. The minimum Gasteiger partial charge on any atom is -0.316 e. The van der Waals surface area contributed by atoms with Crippen LogP contribution in [-0.4, -0.2) is 27.3 Å². The van der Waals surface area contributed by atoms with Crippen LogP contribution in [0.3, 0.4) is 0 Å². The molecule has 1 aromatic carbocycles. The van der Waals surface area contributed by atoms with Gasteiger partial charge < -0.3 is 5.32 Å². The van der Waals surface area contributed by atoms with E-state index in [1.165, 1.54) is 18.2 Å². The van der Waals surface area contributed by atoms with Crippen LogP contribution in [0, 0.1) is 18.7 Å². The van der Waals surface area contributed by atoms with Crippen LogP contribution >= 0.6 is 0 Å². The van der Waals surface area contributed by atoms with Crippen molar-refractivity contribution < 1.29 is 12.8 Å². The molecule has 0 bridgehead atoms. The third kappa shape index (κ3) is 2.84. The van der Waals surface area contributed by atoms with Crippen molar-refractivity contribution in [3.8, 4) is 0 Å². The molecule has 0 aliphatic carbocycles.